The third-order valence-electron chi connectivity index (χ3n) is 2.85. The van der Waals surface area contributed by atoms with Gasteiger partial charge in [0.1, 0.15) is 5.82 Å². The highest BCUT2D eigenvalue weighted by atomic mass is 127. The highest BCUT2D eigenvalue weighted by Gasteiger charge is 2.32. The van der Waals surface area contributed by atoms with Crippen LogP contribution in [-0.2, 0) is 9.53 Å². The van der Waals surface area contributed by atoms with Gasteiger partial charge in [-0.15, -0.1) is 0 Å². The molecule has 1 aromatic carbocycles. The van der Waals surface area contributed by atoms with Gasteiger partial charge in [-0.2, -0.15) is 0 Å². The van der Waals surface area contributed by atoms with E-state index < -0.39 is 23.9 Å². The first kappa shape index (κ1) is 15.0. The number of hydrogen-bond donors (Lipinski definition) is 2. The number of ether oxygens (including phenoxy) is 1. The number of carboxylic acids is 1. The number of urea groups is 1. The molecule has 1 aliphatic rings. The molecule has 8 heteroatoms. The lowest BCUT2D eigenvalue weighted by Crippen LogP contribution is -2.54. The Morgan fingerprint density at radius 1 is 1.50 bits per heavy atom. The number of rotatable bonds is 2. The van der Waals surface area contributed by atoms with Crippen LogP contribution < -0.4 is 5.32 Å². The zero-order chi connectivity index (χ0) is 14.7. The molecule has 6 nitrogen and oxygen atoms in total. The SMILES string of the molecule is O=C(O)C1COCCN1C(=O)Nc1ccc(F)cc1I. The molecule has 0 aromatic heterocycles. The molecule has 2 rings (SSSR count). The molecular formula is C12H12FIN2O4. The van der Waals surface area contributed by atoms with Crippen LogP contribution >= 0.6 is 22.6 Å². The Morgan fingerprint density at radius 3 is 2.90 bits per heavy atom. The number of nitrogens with zero attached hydrogens (tertiary/aromatic N) is 1. The topological polar surface area (TPSA) is 78.9 Å². The quantitative estimate of drug-likeness (QED) is 0.750. The smallest absolute Gasteiger partial charge is 0.328 e. The maximum absolute atomic E-state index is 13.0. The molecular weight excluding hydrogens is 382 g/mol. The molecule has 2 amide bonds. The standard InChI is InChI=1S/C12H12FIN2O4/c13-7-1-2-9(8(14)5-7)15-12(19)16-3-4-20-6-10(16)11(17)18/h1-2,5,10H,3-4,6H2,(H,15,19)(H,17,18). The average Bonchev–Trinajstić information content (AvgIpc) is 2.41. The second-order valence-corrected chi connectivity index (χ2v) is 5.34. The summed E-state index contributed by atoms with van der Waals surface area (Å²) in [6, 6.07) is 2.40. The van der Waals surface area contributed by atoms with Crippen molar-refractivity contribution in [2.75, 3.05) is 25.1 Å². The molecule has 1 fully saturated rings. The Balaban J connectivity index is 2.12. The van der Waals surface area contributed by atoms with Crippen LogP contribution in [0.1, 0.15) is 0 Å². The monoisotopic (exact) mass is 394 g/mol. The van der Waals surface area contributed by atoms with Crippen molar-refractivity contribution in [2.45, 2.75) is 6.04 Å². The zero-order valence-electron chi connectivity index (χ0n) is 10.3. The van der Waals surface area contributed by atoms with E-state index in [1.807, 2.05) is 22.6 Å². The van der Waals surface area contributed by atoms with Gasteiger partial charge in [0.05, 0.1) is 18.9 Å². The first-order valence-electron chi connectivity index (χ1n) is 5.82. The Morgan fingerprint density at radius 2 is 2.25 bits per heavy atom. The molecule has 1 saturated heterocycles. The number of amides is 2. The molecule has 2 N–H and O–H groups in total. The molecule has 20 heavy (non-hydrogen) atoms. The third kappa shape index (κ3) is 3.37. The van der Waals surface area contributed by atoms with E-state index in [0.29, 0.717) is 9.26 Å². The van der Waals surface area contributed by atoms with Crippen LogP contribution in [0.4, 0.5) is 14.9 Å². The predicted octanol–water partition coefficient (Wildman–Crippen LogP) is 1.75. The Kier molecular flexibility index (Phi) is 4.76. The largest absolute Gasteiger partial charge is 0.480 e. The van der Waals surface area contributed by atoms with Crippen molar-refractivity contribution >= 4 is 40.3 Å². The van der Waals surface area contributed by atoms with E-state index in [9.17, 15) is 14.0 Å². The minimum Gasteiger partial charge on any atom is -0.480 e. The maximum atomic E-state index is 13.0. The number of benzene rings is 1. The van der Waals surface area contributed by atoms with Gasteiger partial charge in [-0.05, 0) is 40.8 Å². The van der Waals surface area contributed by atoms with Gasteiger partial charge < -0.3 is 20.1 Å². The first-order chi connectivity index (χ1) is 9.49. The molecule has 1 atom stereocenters. The summed E-state index contributed by atoms with van der Waals surface area (Å²) in [6.07, 6.45) is 0. The van der Waals surface area contributed by atoms with Crippen molar-refractivity contribution in [3.63, 3.8) is 0 Å². The van der Waals surface area contributed by atoms with Crippen molar-refractivity contribution < 1.29 is 23.8 Å². The van der Waals surface area contributed by atoms with Crippen LogP contribution in [0.2, 0.25) is 0 Å². The van der Waals surface area contributed by atoms with Crippen LogP contribution in [0, 0.1) is 9.39 Å². The highest BCUT2D eigenvalue weighted by molar-refractivity contribution is 14.1. The number of anilines is 1. The number of nitrogens with one attached hydrogen (secondary N) is 1. The summed E-state index contributed by atoms with van der Waals surface area (Å²) < 4.78 is 18.6. The summed E-state index contributed by atoms with van der Waals surface area (Å²) in [5.74, 6) is -1.52. The fourth-order valence-electron chi connectivity index (χ4n) is 1.83. The van der Waals surface area contributed by atoms with Crippen molar-refractivity contribution in [3.05, 3.63) is 27.6 Å². The zero-order valence-corrected chi connectivity index (χ0v) is 12.5. The molecule has 0 saturated carbocycles. The molecule has 1 unspecified atom stereocenters. The molecule has 0 aliphatic carbocycles. The molecule has 1 aliphatic heterocycles. The number of morpholine rings is 1. The van der Waals surface area contributed by atoms with Gasteiger partial charge in [-0.3, -0.25) is 0 Å². The van der Waals surface area contributed by atoms with Crippen LogP contribution in [0.3, 0.4) is 0 Å². The van der Waals surface area contributed by atoms with E-state index in [0.717, 1.165) is 0 Å². The number of halogens is 2. The summed E-state index contributed by atoms with van der Waals surface area (Å²) in [5, 5.41) is 11.6. The van der Waals surface area contributed by atoms with Crippen LogP contribution in [-0.4, -0.2) is 47.8 Å². The predicted molar refractivity (Wildman–Crippen MR) is 77.1 cm³/mol. The second-order valence-electron chi connectivity index (χ2n) is 4.18. The van der Waals surface area contributed by atoms with E-state index in [1.54, 1.807) is 0 Å². The summed E-state index contributed by atoms with van der Waals surface area (Å²) in [7, 11) is 0. The van der Waals surface area contributed by atoms with Crippen molar-refractivity contribution in [2.24, 2.45) is 0 Å². The summed E-state index contributed by atoms with van der Waals surface area (Å²) in [5.41, 5.74) is 0.438. The maximum Gasteiger partial charge on any atom is 0.328 e. The van der Waals surface area contributed by atoms with Gasteiger partial charge in [-0.1, -0.05) is 0 Å². The third-order valence-corrected chi connectivity index (χ3v) is 3.74. The number of hydrogen-bond acceptors (Lipinski definition) is 3. The second kappa shape index (κ2) is 6.35. The van der Waals surface area contributed by atoms with Crippen molar-refractivity contribution in [1.82, 2.24) is 4.90 Å². The fourth-order valence-corrected chi connectivity index (χ4v) is 2.44. The van der Waals surface area contributed by atoms with Crippen molar-refractivity contribution in [1.29, 1.82) is 0 Å². The van der Waals surface area contributed by atoms with E-state index in [2.05, 4.69) is 5.32 Å². The number of aliphatic carboxylic acids is 1. The van der Waals surface area contributed by atoms with Gasteiger partial charge in [-0.25, -0.2) is 14.0 Å². The molecule has 0 bridgehead atoms. The average molecular weight is 394 g/mol. The molecule has 108 valence electrons. The van der Waals surface area contributed by atoms with Gasteiger partial charge in [0.15, 0.2) is 6.04 Å². The van der Waals surface area contributed by atoms with E-state index >= 15 is 0 Å². The Bertz CT molecular complexity index is 540. The normalized spacial score (nSPS) is 18.7. The number of carboxylic acid groups (broad SMARTS) is 1. The van der Waals surface area contributed by atoms with Gasteiger partial charge in [0.25, 0.3) is 0 Å². The minimum atomic E-state index is -1.12. The lowest BCUT2D eigenvalue weighted by atomic mass is 10.2. The van der Waals surface area contributed by atoms with Crippen molar-refractivity contribution in [3.8, 4) is 0 Å². The van der Waals surface area contributed by atoms with E-state index in [4.69, 9.17) is 9.84 Å². The lowest BCUT2D eigenvalue weighted by Gasteiger charge is -2.32. The minimum absolute atomic E-state index is 0.0384. The van der Waals surface area contributed by atoms with Crippen LogP contribution in [0.5, 0.6) is 0 Å². The fraction of sp³-hybridized carbons (Fsp3) is 0.333. The molecule has 1 heterocycles. The molecule has 1 aromatic rings. The molecule has 0 spiro atoms. The van der Waals surface area contributed by atoms with Gasteiger partial charge in [0.2, 0.25) is 0 Å². The highest BCUT2D eigenvalue weighted by Crippen LogP contribution is 2.20. The summed E-state index contributed by atoms with van der Waals surface area (Å²) in [4.78, 5) is 24.4. The van der Waals surface area contributed by atoms with Gasteiger partial charge >= 0.3 is 12.0 Å². The number of carbonyl (C=O) groups excluding carboxylic acids is 1. The van der Waals surface area contributed by atoms with Gasteiger partial charge in [0, 0.05) is 10.1 Å². The Hall–Kier alpha value is -1.42. The summed E-state index contributed by atoms with van der Waals surface area (Å²) >= 11 is 1.89. The first-order valence-corrected chi connectivity index (χ1v) is 6.90. The van der Waals surface area contributed by atoms with E-state index in [1.165, 1.54) is 23.1 Å². The van der Waals surface area contributed by atoms with Crippen LogP contribution in [0.25, 0.3) is 0 Å². The Labute approximate surface area is 128 Å². The van der Waals surface area contributed by atoms with Crippen LogP contribution in [0.15, 0.2) is 18.2 Å². The number of carbonyl (C=O) groups is 2. The molecule has 0 radical (unpaired) electrons. The van der Waals surface area contributed by atoms with E-state index in [-0.39, 0.29) is 19.8 Å². The summed E-state index contributed by atoms with van der Waals surface area (Å²) in [6.45, 7) is 0.446. The lowest BCUT2D eigenvalue weighted by molar-refractivity contribution is -0.147.